The van der Waals surface area contributed by atoms with Crippen molar-refractivity contribution >= 4 is 39.1 Å². The summed E-state index contributed by atoms with van der Waals surface area (Å²) in [6, 6.07) is 12.8. The maximum absolute atomic E-state index is 12.6. The molecule has 0 fully saturated rings. The smallest absolute Gasteiger partial charge is 0.336 e. The number of ketones is 1. The van der Waals surface area contributed by atoms with E-state index in [1.54, 1.807) is 43.3 Å². The summed E-state index contributed by atoms with van der Waals surface area (Å²) in [5.74, 6) is -3.76. The largest absolute Gasteiger partial charge is 0.464 e. The number of halogens is 1. The number of benzene rings is 2. The highest BCUT2D eigenvalue weighted by Gasteiger charge is 2.54. The maximum Gasteiger partial charge on any atom is 0.336 e. The molecule has 0 saturated heterocycles. The second-order valence-corrected chi connectivity index (χ2v) is 7.29. The monoisotopic (exact) mass is 445 g/mol. The summed E-state index contributed by atoms with van der Waals surface area (Å²) in [6.07, 6.45) is 1.19. The SMILES string of the molecule is CCOC(=O)[C@H](Nc1ccc(C)cc1)[C@@]1(O)OC(c2ccc(Br)cc2)=CC1=O. The molecule has 2 aromatic carbocycles. The Morgan fingerprint density at radius 1 is 1.21 bits per heavy atom. The summed E-state index contributed by atoms with van der Waals surface area (Å²) in [5.41, 5.74) is 2.18. The molecule has 2 atom stereocenters. The molecule has 0 bridgehead atoms. The third-order valence-corrected chi connectivity index (χ3v) is 4.81. The number of esters is 1. The number of hydrogen-bond donors (Lipinski definition) is 2. The van der Waals surface area contributed by atoms with Gasteiger partial charge in [0.15, 0.2) is 6.04 Å². The number of aliphatic hydroxyl groups is 1. The molecular formula is C21H20BrNO5. The molecule has 1 aliphatic rings. The molecule has 2 aromatic rings. The van der Waals surface area contributed by atoms with Gasteiger partial charge in [-0.15, -0.1) is 0 Å². The van der Waals surface area contributed by atoms with Crippen LogP contribution in [0.4, 0.5) is 5.69 Å². The highest BCUT2D eigenvalue weighted by molar-refractivity contribution is 9.10. The van der Waals surface area contributed by atoms with Gasteiger partial charge in [0.05, 0.1) is 6.61 Å². The fourth-order valence-corrected chi connectivity index (χ4v) is 3.05. The van der Waals surface area contributed by atoms with E-state index in [2.05, 4.69) is 21.2 Å². The van der Waals surface area contributed by atoms with E-state index in [9.17, 15) is 14.7 Å². The molecule has 7 heteroatoms. The lowest BCUT2D eigenvalue weighted by Gasteiger charge is -2.30. The number of ether oxygens (including phenoxy) is 2. The van der Waals surface area contributed by atoms with Crippen molar-refractivity contribution in [1.82, 2.24) is 0 Å². The minimum absolute atomic E-state index is 0.0994. The zero-order valence-corrected chi connectivity index (χ0v) is 17.0. The zero-order valence-electron chi connectivity index (χ0n) is 15.4. The quantitative estimate of drug-likeness (QED) is 0.662. The van der Waals surface area contributed by atoms with Crippen LogP contribution in [-0.2, 0) is 19.1 Å². The molecule has 0 unspecified atom stereocenters. The number of carbonyl (C=O) groups is 2. The van der Waals surface area contributed by atoms with Gasteiger partial charge in [-0.25, -0.2) is 4.79 Å². The van der Waals surface area contributed by atoms with E-state index < -0.39 is 23.6 Å². The molecule has 0 aliphatic carbocycles. The lowest BCUT2D eigenvalue weighted by Crippen LogP contribution is -2.56. The molecule has 0 amide bonds. The molecule has 0 spiro atoms. The summed E-state index contributed by atoms with van der Waals surface area (Å²) in [7, 11) is 0. The van der Waals surface area contributed by atoms with Gasteiger partial charge in [-0.3, -0.25) is 4.79 Å². The molecular weight excluding hydrogens is 426 g/mol. The maximum atomic E-state index is 12.6. The standard InChI is InChI=1S/C21H20BrNO5/c1-3-27-20(25)19(23-16-10-4-13(2)5-11-16)21(26)18(24)12-17(28-21)14-6-8-15(22)9-7-14/h4-12,19,23,26H,3H2,1-2H3/t19-,21-/m0/s1. The Balaban J connectivity index is 1.90. The van der Waals surface area contributed by atoms with E-state index in [4.69, 9.17) is 9.47 Å². The van der Waals surface area contributed by atoms with Gasteiger partial charge in [-0.2, -0.15) is 0 Å². The average molecular weight is 446 g/mol. The van der Waals surface area contributed by atoms with Gasteiger partial charge < -0.3 is 19.9 Å². The van der Waals surface area contributed by atoms with Crippen LogP contribution < -0.4 is 5.32 Å². The van der Waals surface area contributed by atoms with Crippen LogP contribution >= 0.6 is 15.9 Å². The topological polar surface area (TPSA) is 84.9 Å². The molecule has 6 nitrogen and oxygen atoms in total. The van der Waals surface area contributed by atoms with E-state index in [0.29, 0.717) is 11.3 Å². The summed E-state index contributed by atoms with van der Waals surface area (Å²) in [5, 5.41) is 13.9. The van der Waals surface area contributed by atoms with Crippen molar-refractivity contribution in [2.45, 2.75) is 25.7 Å². The van der Waals surface area contributed by atoms with Crippen LogP contribution in [0.2, 0.25) is 0 Å². The number of hydrogen-bond acceptors (Lipinski definition) is 6. The predicted molar refractivity (Wildman–Crippen MR) is 108 cm³/mol. The number of aryl methyl sites for hydroxylation is 1. The summed E-state index contributed by atoms with van der Waals surface area (Å²) < 4.78 is 11.5. The molecule has 0 aromatic heterocycles. The second kappa shape index (κ2) is 8.16. The normalized spacial score (nSPS) is 19.6. The van der Waals surface area contributed by atoms with Gasteiger partial charge >= 0.3 is 11.8 Å². The van der Waals surface area contributed by atoms with Crippen molar-refractivity contribution in [3.63, 3.8) is 0 Å². The predicted octanol–water partition coefficient (Wildman–Crippen LogP) is 3.43. The van der Waals surface area contributed by atoms with E-state index in [0.717, 1.165) is 10.0 Å². The number of nitrogens with one attached hydrogen (secondary N) is 1. The number of rotatable bonds is 6. The summed E-state index contributed by atoms with van der Waals surface area (Å²) in [6.45, 7) is 3.67. The van der Waals surface area contributed by atoms with Gasteiger partial charge in [0.2, 0.25) is 5.78 Å². The van der Waals surface area contributed by atoms with Gasteiger partial charge in [0, 0.05) is 21.8 Å². The Hall–Kier alpha value is -2.64. The highest BCUT2D eigenvalue weighted by atomic mass is 79.9. The number of anilines is 1. The van der Waals surface area contributed by atoms with Crippen LogP contribution in [0.3, 0.4) is 0 Å². The van der Waals surface area contributed by atoms with E-state index in [1.807, 2.05) is 19.1 Å². The van der Waals surface area contributed by atoms with Crippen molar-refractivity contribution in [3.8, 4) is 0 Å². The first-order chi connectivity index (χ1) is 13.3. The minimum Gasteiger partial charge on any atom is -0.464 e. The van der Waals surface area contributed by atoms with Crippen molar-refractivity contribution in [3.05, 3.63) is 70.2 Å². The van der Waals surface area contributed by atoms with Crippen LogP contribution in [0.1, 0.15) is 18.1 Å². The molecule has 0 saturated carbocycles. The first-order valence-electron chi connectivity index (χ1n) is 8.77. The van der Waals surface area contributed by atoms with Crippen LogP contribution in [0.5, 0.6) is 0 Å². The Bertz CT molecular complexity index is 907. The van der Waals surface area contributed by atoms with Crippen LogP contribution in [0.25, 0.3) is 5.76 Å². The molecule has 146 valence electrons. The fraction of sp³-hybridized carbons (Fsp3) is 0.238. The molecule has 28 heavy (non-hydrogen) atoms. The Morgan fingerprint density at radius 3 is 2.46 bits per heavy atom. The van der Waals surface area contributed by atoms with Crippen LogP contribution in [-0.4, -0.2) is 35.3 Å². The molecule has 2 N–H and O–H groups in total. The lowest BCUT2D eigenvalue weighted by atomic mass is 10.0. The van der Waals surface area contributed by atoms with Crippen molar-refractivity contribution < 1.29 is 24.2 Å². The van der Waals surface area contributed by atoms with E-state index in [1.165, 1.54) is 6.08 Å². The third kappa shape index (κ3) is 4.10. The van der Waals surface area contributed by atoms with Crippen molar-refractivity contribution in [2.75, 3.05) is 11.9 Å². The van der Waals surface area contributed by atoms with E-state index in [-0.39, 0.29) is 12.4 Å². The Labute approximate surface area is 171 Å². The molecule has 1 aliphatic heterocycles. The molecule has 0 radical (unpaired) electrons. The van der Waals surface area contributed by atoms with Crippen molar-refractivity contribution in [1.29, 1.82) is 0 Å². The van der Waals surface area contributed by atoms with Crippen molar-refractivity contribution in [2.24, 2.45) is 0 Å². The van der Waals surface area contributed by atoms with E-state index >= 15 is 0 Å². The van der Waals surface area contributed by atoms with Gasteiger partial charge in [-0.1, -0.05) is 45.8 Å². The Morgan fingerprint density at radius 2 is 1.86 bits per heavy atom. The van der Waals surface area contributed by atoms with Gasteiger partial charge in [0.1, 0.15) is 5.76 Å². The fourth-order valence-electron chi connectivity index (χ4n) is 2.79. The second-order valence-electron chi connectivity index (χ2n) is 6.37. The molecule has 1 heterocycles. The minimum atomic E-state index is -2.42. The lowest BCUT2D eigenvalue weighted by molar-refractivity contribution is -0.186. The first kappa shape index (κ1) is 20.1. The summed E-state index contributed by atoms with van der Waals surface area (Å²) in [4.78, 5) is 25.2. The summed E-state index contributed by atoms with van der Waals surface area (Å²) >= 11 is 3.34. The zero-order chi connectivity index (χ0) is 20.3. The van der Waals surface area contributed by atoms with Gasteiger partial charge in [0.25, 0.3) is 0 Å². The van der Waals surface area contributed by atoms with Crippen LogP contribution in [0.15, 0.2) is 59.1 Å². The van der Waals surface area contributed by atoms with Crippen LogP contribution in [0, 0.1) is 6.92 Å². The third-order valence-electron chi connectivity index (χ3n) is 4.29. The highest BCUT2D eigenvalue weighted by Crippen LogP contribution is 2.34. The van der Waals surface area contributed by atoms with Gasteiger partial charge in [-0.05, 0) is 38.1 Å². The average Bonchev–Trinajstić information content (AvgIpc) is 2.97. The molecule has 3 rings (SSSR count). The first-order valence-corrected chi connectivity index (χ1v) is 9.56. The Kier molecular flexibility index (Phi) is 5.86. The number of carbonyl (C=O) groups excluding carboxylic acids is 2.